The third-order valence-corrected chi connectivity index (χ3v) is 2.83. The molecular weight excluding hydrogens is 188 g/mol. The minimum absolute atomic E-state index is 0.173. The summed E-state index contributed by atoms with van der Waals surface area (Å²) < 4.78 is 27.4. The van der Waals surface area contributed by atoms with Gasteiger partial charge in [-0.2, -0.15) is 0 Å². The molecule has 2 rings (SSSR count). The van der Waals surface area contributed by atoms with Crippen molar-refractivity contribution in [2.24, 2.45) is 12.8 Å². The normalized spacial score (nSPS) is 23.1. The molecule has 0 bridgehead atoms. The number of halogens is 2. The number of nitrogens with zero attached hydrogens (tertiary/aromatic N) is 2. The van der Waals surface area contributed by atoms with Gasteiger partial charge in [-0.05, 0) is 0 Å². The van der Waals surface area contributed by atoms with Gasteiger partial charge < -0.3 is 10.3 Å². The van der Waals surface area contributed by atoms with Crippen molar-refractivity contribution >= 4 is 0 Å². The zero-order valence-corrected chi connectivity index (χ0v) is 8.00. The van der Waals surface area contributed by atoms with Crippen molar-refractivity contribution in [2.45, 2.75) is 24.2 Å². The highest BCUT2D eigenvalue weighted by Crippen LogP contribution is 2.52. The summed E-state index contributed by atoms with van der Waals surface area (Å²) in [5.41, 5.74) is 5.64. The third-order valence-electron chi connectivity index (χ3n) is 2.83. The maximum absolute atomic E-state index is 12.8. The van der Waals surface area contributed by atoms with Crippen molar-refractivity contribution in [1.29, 1.82) is 0 Å². The van der Waals surface area contributed by atoms with Gasteiger partial charge in [0, 0.05) is 38.0 Å². The third kappa shape index (κ3) is 1.32. The highest BCUT2D eigenvalue weighted by Gasteiger charge is 2.57. The van der Waals surface area contributed by atoms with Crippen LogP contribution < -0.4 is 5.73 Å². The van der Waals surface area contributed by atoms with Gasteiger partial charge in [0.15, 0.2) is 0 Å². The van der Waals surface area contributed by atoms with Gasteiger partial charge in [-0.25, -0.2) is 13.8 Å². The van der Waals surface area contributed by atoms with Crippen LogP contribution in [-0.4, -0.2) is 22.0 Å². The first-order chi connectivity index (χ1) is 6.47. The van der Waals surface area contributed by atoms with Gasteiger partial charge in [0.1, 0.15) is 0 Å². The fraction of sp³-hybridized carbons (Fsp3) is 0.667. The molecule has 1 saturated carbocycles. The van der Waals surface area contributed by atoms with E-state index in [0.717, 1.165) is 0 Å². The Bertz CT molecular complexity index is 338. The summed E-state index contributed by atoms with van der Waals surface area (Å²) >= 11 is 0. The average molecular weight is 201 g/mol. The van der Waals surface area contributed by atoms with Crippen LogP contribution in [0.3, 0.4) is 0 Å². The maximum atomic E-state index is 12.8. The van der Waals surface area contributed by atoms with Crippen molar-refractivity contribution in [2.75, 3.05) is 6.54 Å². The molecule has 1 heterocycles. The van der Waals surface area contributed by atoms with Gasteiger partial charge >= 0.3 is 0 Å². The summed E-state index contributed by atoms with van der Waals surface area (Å²) in [4.78, 5) is 4.10. The molecule has 0 aliphatic heterocycles. The Labute approximate surface area is 80.9 Å². The first-order valence-electron chi connectivity index (χ1n) is 4.54. The number of rotatable bonds is 2. The molecule has 14 heavy (non-hydrogen) atoms. The van der Waals surface area contributed by atoms with Crippen molar-refractivity contribution in [1.82, 2.24) is 9.55 Å². The van der Waals surface area contributed by atoms with E-state index < -0.39 is 11.3 Å². The summed E-state index contributed by atoms with van der Waals surface area (Å²) in [6, 6.07) is 0. The average Bonchev–Trinajstić information content (AvgIpc) is 2.47. The molecular formula is C9H13F2N3. The fourth-order valence-corrected chi connectivity index (χ4v) is 2.06. The first kappa shape index (κ1) is 9.58. The highest BCUT2D eigenvalue weighted by molar-refractivity contribution is 5.23. The Balaban J connectivity index is 2.24. The van der Waals surface area contributed by atoms with Gasteiger partial charge in [-0.3, -0.25) is 0 Å². The molecule has 0 aromatic carbocycles. The van der Waals surface area contributed by atoms with Crippen LogP contribution in [0.4, 0.5) is 8.78 Å². The summed E-state index contributed by atoms with van der Waals surface area (Å²) in [7, 11) is 1.82. The Morgan fingerprint density at radius 1 is 1.57 bits per heavy atom. The second-order valence-corrected chi connectivity index (χ2v) is 4.12. The predicted octanol–water partition coefficient (Wildman–Crippen LogP) is 1.05. The van der Waals surface area contributed by atoms with Crippen LogP contribution in [0.15, 0.2) is 12.5 Å². The molecule has 1 aliphatic rings. The molecule has 0 spiro atoms. The summed E-state index contributed by atoms with van der Waals surface area (Å²) in [5.74, 6) is -2.56. The number of hydrogen-bond acceptors (Lipinski definition) is 2. The van der Waals surface area contributed by atoms with E-state index in [-0.39, 0.29) is 19.4 Å². The smallest absolute Gasteiger partial charge is 0.250 e. The number of nitrogens with two attached hydrogens (primary N) is 1. The Morgan fingerprint density at radius 3 is 2.57 bits per heavy atom. The zero-order chi connectivity index (χ0) is 10.4. The lowest BCUT2D eigenvalue weighted by atomic mass is 9.64. The summed E-state index contributed by atoms with van der Waals surface area (Å²) in [5, 5.41) is 0. The van der Waals surface area contributed by atoms with Gasteiger partial charge in [-0.1, -0.05) is 0 Å². The second kappa shape index (κ2) is 2.76. The van der Waals surface area contributed by atoms with E-state index in [9.17, 15) is 8.78 Å². The minimum Gasteiger partial charge on any atom is -0.340 e. The van der Waals surface area contributed by atoms with E-state index in [1.807, 2.05) is 7.05 Å². The standard InChI is InChI=1S/C9H13F2N3/c1-14-2-7(13-6-14)8(5-12)3-9(10,11)4-8/h2,6H,3-5,12H2,1H3. The van der Waals surface area contributed by atoms with Crippen LogP contribution >= 0.6 is 0 Å². The molecule has 2 N–H and O–H groups in total. The highest BCUT2D eigenvalue weighted by atomic mass is 19.3. The number of alkyl halides is 2. The molecule has 0 saturated heterocycles. The van der Waals surface area contributed by atoms with Crippen molar-refractivity contribution in [3.05, 3.63) is 18.2 Å². The van der Waals surface area contributed by atoms with E-state index in [2.05, 4.69) is 4.98 Å². The van der Waals surface area contributed by atoms with E-state index in [1.54, 1.807) is 17.1 Å². The van der Waals surface area contributed by atoms with Crippen molar-refractivity contribution in [3.63, 3.8) is 0 Å². The topological polar surface area (TPSA) is 43.8 Å². The quantitative estimate of drug-likeness (QED) is 0.777. The predicted molar refractivity (Wildman–Crippen MR) is 48.1 cm³/mol. The number of imidazole rings is 1. The second-order valence-electron chi connectivity index (χ2n) is 4.12. The lowest BCUT2D eigenvalue weighted by Crippen LogP contribution is -2.53. The minimum atomic E-state index is -2.56. The summed E-state index contributed by atoms with van der Waals surface area (Å²) in [6.07, 6.45) is 3.03. The number of aryl methyl sites for hydroxylation is 1. The van der Waals surface area contributed by atoms with Crippen LogP contribution in [0.1, 0.15) is 18.5 Å². The SMILES string of the molecule is Cn1cnc(C2(CN)CC(F)(F)C2)c1. The Morgan fingerprint density at radius 2 is 2.21 bits per heavy atom. The summed E-state index contributed by atoms with van der Waals surface area (Å²) in [6.45, 7) is 0.236. The van der Waals surface area contributed by atoms with Crippen LogP contribution in [0.25, 0.3) is 0 Å². The number of hydrogen-bond donors (Lipinski definition) is 1. The Hall–Kier alpha value is -0.970. The molecule has 0 radical (unpaired) electrons. The fourth-order valence-electron chi connectivity index (χ4n) is 2.06. The van der Waals surface area contributed by atoms with Crippen LogP contribution in [0, 0.1) is 0 Å². The lowest BCUT2D eigenvalue weighted by molar-refractivity contribution is -0.124. The molecule has 78 valence electrons. The molecule has 0 amide bonds. The van der Waals surface area contributed by atoms with Crippen LogP contribution in [-0.2, 0) is 12.5 Å². The Kier molecular flexibility index (Phi) is 1.89. The number of aromatic nitrogens is 2. The zero-order valence-electron chi connectivity index (χ0n) is 8.00. The van der Waals surface area contributed by atoms with Gasteiger partial charge in [-0.15, -0.1) is 0 Å². The van der Waals surface area contributed by atoms with Gasteiger partial charge in [0.2, 0.25) is 5.92 Å². The first-order valence-corrected chi connectivity index (χ1v) is 4.54. The van der Waals surface area contributed by atoms with Gasteiger partial charge in [0.05, 0.1) is 12.0 Å². The van der Waals surface area contributed by atoms with Crippen molar-refractivity contribution in [3.8, 4) is 0 Å². The monoisotopic (exact) mass is 201 g/mol. The van der Waals surface area contributed by atoms with Gasteiger partial charge in [0.25, 0.3) is 0 Å². The molecule has 1 fully saturated rings. The maximum Gasteiger partial charge on any atom is 0.250 e. The van der Waals surface area contributed by atoms with Crippen LogP contribution in [0.2, 0.25) is 0 Å². The van der Waals surface area contributed by atoms with E-state index in [0.29, 0.717) is 5.69 Å². The molecule has 0 unspecified atom stereocenters. The van der Waals surface area contributed by atoms with Crippen LogP contribution in [0.5, 0.6) is 0 Å². The molecule has 1 aromatic heterocycles. The van der Waals surface area contributed by atoms with E-state index in [4.69, 9.17) is 5.73 Å². The van der Waals surface area contributed by atoms with Crippen molar-refractivity contribution < 1.29 is 8.78 Å². The van der Waals surface area contributed by atoms with E-state index >= 15 is 0 Å². The molecule has 1 aromatic rings. The molecule has 1 aliphatic carbocycles. The molecule has 3 nitrogen and oxygen atoms in total. The molecule has 5 heteroatoms. The lowest BCUT2D eigenvalue weighted by Gasteiger charge is -2.45. The largest absolute Gasteiger partial charge is 0.340 e. The molecule has 0 atom stereocenters. The van der Waals surface area contributed by atoms with E-state index in [1.165, 1.54) is 0 Å².